The maximum Gasteiger partial charge on any atom is 0.161 e. The van der Waals surface area contributed by atoms with Crippen LogP contribution in [-0.4, -0.2) is 45.9 Å². The van der Waals surface area contributed by atoms with Crippen molar-refractivity contribution in [3.63, 3.8) is 0 Å². The number of nitrogens with one attached hydrogen (secondary N) is 1. The first-order valence-corrected chi connectivity index (χ1v) is 12.1. The van der Waals surface area contributed by atoms with Gasteiger partial charge in [-0.2, -0.15) is 5.26 Å². The molecule has 4 heterocycles. The average molecular weight is 465 g/mol. The van der Waals surface area contributed by atoms with E-state index in [0.717, 1.165) is 60.2 Å². The lowest BCUT2D eigenvalue weighted by atomic mass is 10.1. The Hall–Kier alpha value is -3.86. The summed E-state index contributed by atoms with van der Waals surface area (Å²) in [6.45, 7) is 3.83. The largest absolute Gasteiger partial charge is 0.390 e. The molecular formula is C28H28N6O. The van der Waals surface area contributed by atoms with Gasteiger partial charge in [-0.25, -0.2) is 4.98 Å². The molecule has 1 atom stereocenters. The molecule has 2 aromatic carbocycles. The van der Waals surface area contributed by atoms with Gasteiger partial charge in [-0.1, -0.05) is 12.1 Å². The molecule has 2 aliphatic rings. The van der Waals surface area contributed by atoms with Gasteiger partial charge in [0.05, 0.1) is 41.5 Å². The lowest BCUT2D eigenvalue weighted by Gasteiger charge is -2.21. The highest BCUT2D eigenvalue weighted by Crippen LogP contribution is 2.37. The van der Waals surface area contributed by atoms with Gasteiger partial charge in [0.15, 0.2) is 5.82 Å². The zero-order chi connectivity index (χ0) is 23.9. The third kappa shape index (κ3) is 3.72. The summed E-state index contributed by atoms with van der Waals surface area (Å²) in [5, 5.41) is 22.5. The van der Waals surface area contributed by atoms with Crippen LogP contribution in [0.15, 0.2) is 60.9 Å². The summed E-state index contributed by atoms with van der Waals surface area (Å²) in [6.07, 6.45) is 5.13. The van der Waals surface area contributed by atoms with Crippen molar-refractivity contribution in [1.82, 2.24) is 19.4 Å². The quantitative estimate of drug-likeness (QED) is 0.414. The van der Waals surface area contributed by atoms with Crippen LogP contribution in [0.3, 0.4) is 0 Å². The Bertz CT molecular complexity index is 1420. The van der Waals surface area contributed by atoms with Gasteiger partial charge < -0.3 is 19.9 Å². The fourth-order valence-electron chi connectivity index (χ4n) is 5.49. The minimum Gasteiger partial charge on any atom is -0.390 e. The van der Waals surface area contributed by atoms with Gasteiger partial charge in [0.2, 0.25) is 0 Å². The first-order valence-electron chi connectivity index (χ1n) is 12.1. The molecule has 0 amide bonds. The molecular weight excluding hydrogens is 436 g/mol. The number of aliphatic hydroxyl groups excluding tert-OH is 1. The van der Waals surface area contributed by atoms with Crippen molar-refractivity contribution < 1.29 is 5.11 Å². The summed E-state index contributed by atoms with van der Waals surface area (Å²) in [7, 11) is 2.02. The fraction of sp³-hybridized carbons (Fsp3) is 0.286. The molecule has 6 rings (SSSR count). The van der Waals surface area contributed by atoms with Crippen molar-refractivity contribution in [2.45, 2.75) is 19.6 Å². The minimum atomic E-state index is -0.0742. The Balaban J connectivity index is 1.43. The number of rotatable bonds is 5. The predicted octanol–water partition coefficient (Wildman–Crippen LogP) is 3.78. The Morgan fingerprint density at radius 3 is 2.77 bits per heavy atom. The van der Waals surface area contributed by atoms with E-state index in [0.29, 0.717) is 11.5 Å². The van der Waals surface area contributed by atoms with Gasteiger partial charge in [-0.3, -0.25) is 4.57 Å². The normalized spacial score (nSPS) is 16.4. The number of nitriles is 1. The molecule has 1 unspecified atom stereocenters. The third-order valence-corrected chi connectivity index (χ3v) is 7.26. The number of hydrogen-bond acceptors (Lipinski definition) is 5. The van der Waals surface area contributed by atoms with Crippen LogP contribution in [-0.2, 0) is 13.2 Å². The molecule has 1 saturated heterocycles. The second-order valence-electron chi connectivity index (χ2n) is 9.47. The van der Waals surface area contributed by atoms with Gasteiger partial charge in [0.25, 0.3) is 0 Å². The molecule has 2 N–H and O–H groups in total. The van der Waals surface area contributed by atoms with E-state index in [9.17, 15) is 5.11 Å². The SMILES string of the molecule is CNCC1CCN(c2ccc3c(c2)Cn2cc(-c4ccc(C#N)cc4)cc2-c2ncc(CO)n2-3)C1. The summed E-state index contributed by atoms with van der Waals surface area (Å²) in [5.41, 5.74) is 8.10. The Morgan fingerprint density at radius 2 is 2.00 bits per heavy atom. The monoisotopic (exact) mass is 464 g/mol. The summed E-state index contributed by atoms with van der Waals surface area (Å²) in [5.74, 6) is 1.50. The predicted molar refractivity (Wildman–Crippen MR) is 136 cm³/mol. The van der Waals surface area contributed by atoms with E-state index >= 15 is 0 Å². The van der Waals surface area contributed by atoms with Crippen molar-refractivity contribution in [2.75, 3.05) is 31.6 Å². The minimum absolute atomic E-state index is 0.0742. The Morgan fingerprint density at radius 1 is 1.14 bits per heavy atom. The standard InChI is InChI=1S/C28H28N6O/c1-30-13-20-8-9-32(15-20)24-6-7-26-23(10-24)17-33-16-22(21-4-2-19(12-29)3-5-21)11-27(33)28-31-14-25(18-35)34(26)28/h2-7,10-11,14,16,20,30,35H,8-9,13,15,17-18H2,1H3. The van der Waals surface area contributed by atoms with Crippen LogP contribution in [0.4, 0.5) is 5.69 Å². The highest BCUT2D eigenvalue weighted by atomic mass is 16.3. The Kier molecular flexibility index (Phi) is 5.40. The van der Waals surface area contributed by atoms with Crippen LogP contribution in [0.25, 0.3) is 28.3 Å². The number of nitrogens with zero attached hydrogens (tertiary/aromatic N) is 5. The summed E-state index contributed by atoms with van der Waals surface area (Å²) >= 11 is 0. The van der Waals surface area contributed by atoms with Crippen LogP contribution in [0.5, 0.6) is 0 Å². The number of benzene rings is 2. The number of aliphatic hydroxyl groups is 1. The van der Waals surface area contributed by atoms with Crippen molar-refractivity contribution in [1.29, 1.82) is 5.26 Å². The summed E-state index contributed by atoms with van der Waals surface area (Å²) < 4.78 is 4.34. The summed E-state index contributed by atoms with van der Waals surface area (Å²) in [4.78, 5) is 7.19. The summed E-state index contributed by atoms with van der Waals surface area (Å²) in [6, 6.07) is 18.7. The first kappa shape index (κ1) is 21.7. The number of anilines is 1. The van der Waals surface area contributed by atoms with Crippen molar-refractivity contribution in [2.24, 2.45) is 5.92 Å². The van der Waals surface area contributed by atoms with Gasteiger partial charge in [0.1, 0.15) is 0 Å². The molecule has 7 nitrogen and oxygen atoms in total. The van der Waals surface area contributed by atoms with E-state index < -0.39 is 0 Å². The van der Waals surface area contributed by atoms with E-state index in [-0.39, 0.29) is 6.61 Å². The van der Waals surface area contributed by atoms with Crippen LogP contribution in [0.1, 0.15) is 23.2 Å². The molecule has 0 radical (unpaired) electrons. The van der Waals surface area contributed by atoms with Crippen molar-refractivity contribution >= 4 is 5.69 Å². The van der Waals surface area contributed by atoms with E-state index in [1.807, 2.05) is 31.3 Å². The van der Waals surface area contributed by atoms with E-state index in [1.54, 1.807) is 6.20 Å². The lowest BCUT2D eigenvalue weighted by Crippen LogP contribution is -2.24. The molecule has 0 aliphatic carbocycles. The molecule has 7 heteroatoms. The van der Waals surface area contributed by atoms with Crippen LogP contribution in [0.2, 0.25) is 0 Å². The maximum absolute atomic E-state index is 10.1. The van der Waals surface area contributed by atoms with Crippen molar-refractivity contribution in [3.05, 3.63) is 77.7 Å². The number of aromatic nitrogens is 3. The third-order valence-electron chi connectivity index (χ3n) is 7.26. The van der Waals surface area contributed by atoms with Gasteiger partial charge in [-0.15, -0.1) is 0 Å². The van der Waals surface area contributed by atoms with Crippen LogP contribution in [0, 0.1) is 17.2 Å². The molecule has 176 valence electrons. The number of imidazole rings is 1. The molecule has 1 fully saturated rings. The van der Waals surface area contributed by atoms with Gasteiger partial charge in [-0.05, 0) is 73.5 Å². The Labute approximate surface area is 204 Å². The van der Waals surface area contributed by atoms with Crippen LogP contribution < -0.4 is 10.2 Å². The van der Waals surface area contributed by atoms with Gasteiger partial charge >= 0.3 is 0 Å². The second kappa shape index (κ2) is 8.73. The van der Waals surface area contributed by atoms with Crippen molar-refractivity contribution in [3.8, 4) is 34.4 Å². The first-order chi connectivity index (χ1) is 17.2. The second-order valence-corrected chi connectivity index (χ2v) is 9.47. The molecule has 4 aromatic rings. The maximum atomic E-state index is 10.1. The van der Waals surface area contributed by atoms with E-state index in [4.69, 9.17) is 10.2 Å². The zero-order valence-corrected chi connectivity index (χ0v) is 19.8. The highest BCUT2D eigenvalue weighted by Gasteiger charge is 2.26. The van der Waals surface area contributed by atoms with Gasteiger partial charge in [0, 0.05) is 37.1 Å². The molecule has 2 aliphatic heterocycles. The molecule has 0 saturated carbocycles. The van der Waals surface area contributed by atoms with E-state index in [2.05, 4.69) is 55.9 Å². The average Bonchev–Trinajstić information content (AvgIpc) is 3.61. The lowest BCUT2D eigenvalue weighted by molar-refractivity contribution is 0.275. The molecule has 0 spiro atoms. The zero-order valence-electron chi connectivity index (χ0n) is 19.8. The van der Waals surface area contributed by atoms with Crippen LogP contribution >= 0.6 is 0 Å². The smallest absolute Gasteiger partial charge is 0.161 e. The topological polar surface area (TPSA) is 82.0 Å². The number of fused-ring (bicyclic) bond motifs is 5. The molecule has 2 aromatic heterocycles. The number of hydrogen-bond donors (Lipinski definition) is 2. The molecule has 35 heavy (non-hydrogen) atoms. The fourth-order valence-corrected chi connectivity index (χ4v) is 5.49. The molecule has 0 bridgehead atoms. The van der Waals surface area contributed by atoms with E-state index in [1.165, 1.54) is 17.7 Å². The highest BCUT2D eigenvalue weighted by molar-refractivity contribution is 5.73.